The number of carbonyl (C=O) groups excluding carboxylic acids is 1. The highest BCUT2D eigenvalue weighted by Crippen LogP contribution is 2.42. The summed E-state index contributed by atoms with van der Waals surface area (Å²) in [5, 5.41) is 28.2. The fraction of sp³-hybridized carbons (Fsp3) is 0.370. The van der Waals surface area contributed by atoms with Crippen LogP contribution in [0.4, 0.5) is 5.13 Å². The smallest absolute Gasteiger partial charge is 0.416 e. The summed E-state index contributed by atoms with van der Waals surface area (Å²) in [7, 11) is 3.25. The average molecular weight is 553 g/mol. The van der Waals surface area contributed by atoms with Crippen LogP contribution in [0.5, 0.6) is 11.5 Å². The van der Waals surface area contributed by atoms with Crippen LogP contribution in [0.25, 0.3) is 0 Å². The zero-order valence-corrected chi connectivity index (χ0v) is 22.8. The number of amides is 1. The highest BCUT2D eigenvalue weighted by molar-refractivity contribution is 8.27. The first-order valence-corrected chi connectivity index (χ1v) is 14.1. The van der Waals surface area contributed by atoms with Gasteiger partial charge in [-0.05, 0) is 54.7 Å². The van der Waals surface area contributed by atoms with Gasteiger partial charge in [-0.2, -0.15) is 4.67 Å². The number of aliphatic hydroxyl groups excluding tert-OH is 1. The molecule has 5 rings (SSSR count). The Balaban J connectivity index is 1.09. The molecule has 3 atom stereocenters. The fourth-order valence-corrected chi connectivity index (χ4v) is 6.42. The van der Waals surface area contributed by atoms with E-state index in [4.69, 9.17) is 9.47 Å². The molecule has 1 aliphatic carbocycles. The molecule has 3 unspecified atom stereocenters. The van der Waals surface area contributed by atoms with Crippen molar-refractivity contribution in [3.05, 3.63) is 64.7 Å². The molecule has 38 heavy (non-hydrogen) atoms. The van der Waals surface area contributed by atoms with Gasteiger partial charge >= 0.3 is 5.17 Å². The number of nitrogens with zero attached hydrogens (tertiary/aromatic N) is 3. The van der Waals surface area contributed by atoms with E-state index in [1.54, 1.807) is 26.0 Å². The van der Waals surface area contributed by atoms with Crippen LogP contribution in [0.3, 0.4) is 0 Å². The molecular formula is C27H30N5O4S2+. The molecule has 3 N–H and O–H groups in total. The van der Waals surface area contributed by atoms with Crippen molar-refractivity contribution >= 4 is 44.3 Å². The molecule has 1 aromatic heterocycles. The first kappa shape index (κ1) is 26.2. The molecule has 9 nitrogen and oxygen atoms in total. The third-order valence-corrected chi connectivity index (χ3v) is 8.67. The number of hydrogen-bond donors (Lipinski definition) is 3. The minimum absolute atomic E-state index is 0.118. The van der Waals surface area contributed by atoms with Gasteiger partial charge in [-0.1, -0.05) is 35.6 Å². The van der Waals surface area contributed by atoms with Crippen molar-refractivity contribution in [2.24, 2.45) is 5.92 Å². The van der Waals surface area contributed by atoms with Crippen LogP contribution in [-0.2, 0) is 17.6 Å². The highest BCUT2D eigenvalue weighted by atomic mass is 32.2. The van der Waals surface area contributed by atoms with E-state index in [-0.39, 0.29) is 12.3 Å². The van der Waals surface area contributed by atoms with Gasteiger partial charge in [0.1, 0.15) is 16.5 Å². The number of benzene rings is 2. The molecule has 1 aliphatic heterocycles. The second kappa shape index (κ2) is 12.0. The van der Waals surface area contributed by atoms with E-state index in [2.05, 4.69) is 25.5 Å². The standard InChI is InChI=1S/C27H29N5O4S2/c1-35-20-9-3-16(4-10-20)13-22(33)28-26-30-24(37-26)18-7-8-19(15-18)25-31-32-27(38-25)29-23(34)14-17-5-11-21(36-2)12-6-17/h3-6,9-12,18-19,22,33H,7-8,13-15H2,1-2H3,(H,29,32,34)/p+1. The monoisotopic (exact) mass is 552 g/mol. The van der Waals surface area contributed by atoms with Gasteiger partial charge in [-0.3, -0.25) is 4.79 Å². The Labute approximate surface area is 229 Å². The second-order valence-electron chi connectivity index (χ2n) is 9.29. The molecule has 0 radical (unpaired) electrons. The van der Waals surface area contributed by atoms with E-state index in [0.717, 1.165) is 57.1 Å². The number of nitrogens with one attached hydrogen (secondary N) is 2. The predicted octanol–water partition coefficient (Wildman–Crippen LogP) is 3.34. The molecule has 2 heterocycles. The minimum Gasteiger partial charge on any atom is -0.497 e. The molecule has 0 saturated heterocycles. The molecular weight excluding hydrogens is 522 g/mol. The Kier molecular flexibility index (Phi) is 8.29. The molecule has 0 spiro atoms. The van der Waals surface area contributed by atoms with Crippen LogP contribution < -0.4 is 24.8 Å². The summed E-state index contributed by atoms with van der Waals surface area (Å²) in [6.45, 7) is 0. The van der Waals surface area contributed by atoms with Crippen molar-refractivity contribution in [3.8, 4) is 11.5 Å². The topological polar surface area (TPSA) is 120 Å². The maximum atomic E-state index is 12.4. The van der Waals surface area contributed by atoms with Crippen LogP contribution in [0.2, 0.25) is 0 Å². The van der Waals surface area contributed by atoms with Crippen LogP contribution in [0, 0.1) is 5.92 Å². The number of rotatable bonds is 10. The summed E-state index contributed by atoms with van der Waals surface area (Å²) in [5.74, 6) is 2.13. The molecule has 2 aromatic carbocycles. The number of carbonyl (C=O) groups is 1. The maximum absolute atomic E-state index is 12.4. The quantitative estimate of drug-likeness (QED) is 0.259. The minimum atomic E-state index is -0.702. The molecule has 3 aromatic rings. The average Bonchev–Trinajstić information content (AvgIpc) is 3.57. The zero-order valence-electron chi connectivity index (χ0n) is 21.2. The number of ether oxygens (including phenoxy) is 2. The van der Waals surface area contributed by atoms with E-state index < -0.39 is 6.23 Å². The predicted molar refractivity (Wildman–Crippen MR) is 151 cm³/mol. The van der Waals surface area contributed by atoms with Crippen LogP contribution in [0.15, 0.2) is 48.5 Å². The van der Waals surface area contributed by atoms with E-state index in [1.807, 2.05) is 48.5 Å². The lowest BCUT2D eigenvalue weighted by molar-refractivity contribution is -0.115. The number of hydrogen-bond acceptors (Lipinski definition) is 9. The van der Waals surface area contributed by atoms with Gasteiger partial charge in [0, 0.05) is 18.3 Å². The molecule has 1 fully saturated rings. The molecule has 2 aliphatic rings. The van der Waals surface area contributed by atoms with Gasteiger partial charge in [0.05, 0.1) is 32.4 Å². The zero-order chi connectivity index (χ0) is 26.5. The largest absolute Gasteiger partial charge is 0.497 e. The van der Waals surface area contributed by atoms with Crippen molar-refractivity contribution in [1.82, 2.24) is 20.2 Å². The summed E-state index contributed by atoms with van der Waals surface area (Å²) in [4.78, 5) is 12.4. The summed E-state index contributed by atoms with van der Waals surface area (Å²) in [6, 6.07) is 15.1. The van der Waals surface area contributed by atoms with Crippen molar-refractivity contribution in [3.63, 3.8) is 0 Å². The third-order valence-electron chi connectivity index (χ3n) is 6.63. The van der Waals surface area contributed by atoms with Crippen molar-refractivity contribution in [2.45, 2.75) is 44.2 Å². The lowest BCUT2D eigenvalue weighted by atomic mass is 10.1. The Hall–Kier alpha value is -3.37. The molecule has 1 amide bonds. The Morgan fingerprint density at radius 1 is 1.03 bits per heavy atom. The van der Waals surface area contributed by atoms with Crippen molar-refractivity contribution < 1.29 is 19.4 Å². The Bertz CT molecular complexity index is 1340. The Morgan fingerprint density at radius 3 is 2.32 bits per heavy atom. The van der Waals surface area contributed by atoms with Gasteiger partial charge in [0.2, 0.25) is 11.0 Å². The normalized spacial score (nSPS) is 19.1. The molecule has 1 saturated carbocycles. The van der Waals surface area contributed by atoms with Crippen molar-refractivity contribution in [1.29, 1.82) is 0 Å². The number of methoxy groups -OCH3 is 2. The summed E-state index contributed by atoms with van der Waals surface area (Å²) >= 11 is 3.06. The SMILES string of the molecule is COc1ccc(CC(=O)Nc2nnc(C3CCC(C4=[N+]=C(NC(O)Cc5ccc(OC)cc5)S4)C3)s2)cc1. The van der Waals surface area contributed by atoms with Crippen LogP contribution in [-0.4, -0.2) is 51.9 Å². The van der Waals surface area contributed by atoms with Gasteiger partial charge in [0.15, 0.2) is 6.23 Å². The van der Waals surface area contributed by atoms with Crippen LogP contribution >= 0.6 is 23.1 Å². The van der Waals surface area contributed by atoms with Gasteiger partial charge < -0.3 is 19.9 Å². The van der Waals surface area contributed by atoms with Gasteiger partial charge in [-0.15, -0.1) is 10.2 Å². The summed E-state index contributed by atoms with van der Waals surface area (Å²) < 4.78 is 15.0. The molecule has 11 heteroatoms. The van der Waals surface area contributed by atoms with E-state index in [9.17, 15) is 9.90 Å². The van der Waals surface area contributed by atoms with Crippen molar-refractivity contribution in [2.75, 3.05) is 19.5 Å². The summed E-state index contributed by atoms with van der Waals surface area (Å²) in [5.41, 5.74) is 1.93. The number of anilines is 1. The van der Waals surface area contributed by atoms with E-state index in [1.165, 1.54) is 11.3 Å². The number of aliphatic hydroxyl groups is 1. The summed E-state index contributed by atoms with van der Waals surface area (Å²) in [6.07, 6.45) is 3.07. The van der Waals surface area contributed by atoms with Gasteiger partial charge in [0.25, 0.3) is 5.04 Å². The number of amidine groups is 1. The molecule has 0 bridgehead atoms. The number of aromatic nitrogens is 2. The van der Waals surface area contributed by atoms with E-state index in [0.29, 0.717) is 23.4 Å². The first-order valence-electron chi connectivity index (χ1n) is 12.5. The molecule has 198 valence electrons. The second-order valence-corrected chi connectivity index (χ2v) is 11.3. The van der Waals surface area contributed by atoms with E-state index >= 15 is 0 Å². The lowest BCUT2D eigenvalue weighted by Crippen LogP contribution is -2.41. The third kappa shape index (κ3) is 6.54. The van der Waals surface area contributed by atoms with Crippen LogP contribution in [0.1, 0.15) is 41.3 Å². The van der Waals surface area contributed by atoms with Gasteiger partial charge in [-0.25, -0.2) is 5.32 Å². The first-order chi connectivity index (χ1) is 18.5. The fourth-order valence-electron chi connectivity index (χ4n) is 4.59. The maximum Gasteiger partial charge on any atom is 0.416 e. The lowest BCUT2D eigenvalue weighted by Gasteiger charge is -2.13. The highest BCUT2D eigenvalue weighted by Gasteiger charge is 2.40. The Morgan fingerprint density at radius 2 is 1.66 bits per heavy atom. The number of thioether (sulfide) groups is 1.